The van der Waals surface area contributed by atoms with E-state index in [1.165, 1.54) is 6.07 Å². The van der Waals surface area contributed by atoms with Crippen LogP contribution in [0, 0.1) is 6.92 Å². The van der Waals surface area contributed by atoms with E-state index in [1.54, 1.807) is 19.1 Å². The summed E-state index contributed by atoms with van der Waals surface area (Å²) in [5, 5.41) is 6.89. The molecule has 0 unspecified atom stereocenters. The molecule has 19 heavy (non-hydrogen) atoms. The monoisotopic (exact) mass is 280 g/mol. The molecule has 6 nitrogen and oxygen atoms in total. The van der Waals surface area contributed by atoms with Gasteiger partial charge >= 0.3 is 0 Å². The van der Waals surface area contributed by atoms with Crippen molar-refractivity contribution in [2.24, 2.45) is 0 Å². The van der Waals surface area contributed by atoms with Gasteiger partial charge in [0.25, 0.3) is 5.91 Å². The van der Waals surface area contributed by atoms with Crippen LogP contribution in [0.4, 0.5) is 5.69 Å². The van der Waals surface area contributed by atoms with Gasteiger partial charge in [0.15, 0.2) is 5.82 Å². The second-order valence-corrected chi connectivity index (χ2v) is 4.41. The maximum absolute atomic E-state index is 11.9. The highest BCUT2D eigenvalue weighted by molar-refractivity contribution is 6.31. The number of benzene rings is 1. The second kappa shape index (κ2) is 5.71. The fourth-order valence-electron chi connectivity index (χ4n) is 1.56. The lowest BCUT2D eigenvalue weighted by Gasteiger charge is -2.06. The van der Waals surface area contributed by atoms with Crippen LogP contribution in [0.25, 0.3) is 0 Å². The Labute approximate surface area is 114 Å². The number of nitrogens with one attached hydrogen (secondary N) is 1. The number of halogens is 1. The number of hydrogen-bond donors (Lipinski definition) is 2. The van der Waals surface area contributed by atoms with Gasteiger partial charge in [-0.3, -0.25) is 4.79 Å². The normalized spacial score (nSPS) is 10.4. The van der Waals surface area contributed by atoms with E-state index in [-0.39, 0.29) is 5.91 Å². The smallest absolute Gasteiger partial charge is 0.253 e. The van der Waals surface area contributed by atoms with Crippen molar-refractivity contribution >= 4 is 23.2 Å². The molecular weight excluding hydrogens is 268 g/mol. The van der Waals surface area contributed by atoms with E-state index < -0.39 is 0 Å². The van der Waals surface area contributed by atoms with E-state index in [2.05, 4.69) is 15.5 Å². The zero-order chi connectivity index (χ0) is 13.8. The third kappa shape index (κ3) is 3.45. The minimum atomic E-state index is -0.259. The lowest BCUT2D eigenvalue weighted by atomic mass is 10.1. The van der Waals surface area contributed by atoms with Gasteiger partial charge in [0.2, 0.25) is 5.89 Å². The third-order valence-corrected chi connectivity index (χ3v) is 2.69. The Bertz CT molecular complexity index is 597. The average Bonchev–Trinajstić information content (AvgIpc) is 2.75. The molecule has 0 aliphatic rings. The average molecular weight is 281 g/mol. The molecule has 2 aromatic rings. The molecule has 0 aliphatic heterocycles. The summed E-state index contributed by atoms with van der Waals surface area (Å²) in [6, 6.07) is 4.75. The number of nitrogens with zero attached hydrogens (tertiary/aromatic N) is 2. The van der Waals surface area contributed by atoms with Crippen LogP contribution < -0.4 is 11.1 Å². The first-order chi connectivity index (χ1) is 9.06. The van der Waals surface area contributed by atoms with Gasteiger partial charge in [-0.1, -0.05) is 16.8 Å². The third-order valence-electron chi connectivity index (χ3n) is 2.45. The van der Waals surface area contributed by atoms with Crippen molar-refractivity contribution in [1.82, 2.24) is 15.5 Å². The summed E-state index contributed by atoms with van der Waals surface area (Å²) < 4.78 is 4.94. The van der Waals surface area contributed by atoms with E-state index >= 15 is 0 Å². The molecule has 1 aromatic heterocycles. The lowest BCUT2D eigenvalue weighted by molar-refractivity contribution is 0.0954. The first-order valence-electron chi connectivity index (χ1n) is 5.68. The summed E-state index contributed by atoms with van der Waals surface area (Å²) in [4.78, 5) is 15.9. The highest BCUT2D eigenvalue weighted by atomic mass is 35.5. The fourth-order valence-corrected chi connectivity index (χ4v) is 1.74. The van der Waals surface area contributed by atoms with E-state index in [0.717, 1.165) is 0 Å². The Kier molecular flexibility index (Phi) is 4.01. The number of hydrogen-bond acceptors (Lipinski definition) is 5. The number of amides is 1. The molecule has 0 radical (unpaired) electrons. The van der Waals surface area contributed by atoms with Crippen molar-refractivity contribution in [2.75, 3.05) is 12.3 Å². The number of nitrogen functional groups attached to an aromatic ring is 1. The van der Waals surface area contributed by atoms with Crippen LogP contribution in [0.5, 0.6) is 0 Å². The van der Waals surface area contributed by atoms with Crippen LogP contribution in [0.15, 0.2) is 22.7 Å². The number of anilines is 1. The van der Waals surface area contributed by atoms with Gasteiger partial charge in [0, 0.05) is 23.7 Å². The van der Waals surface area contributed by atoms with Gasteiger partial charge in [0.05, 0.1) is 5.56 Å². The molecule has 0 fully saturated rings. The molecule has 0 aliphatic carbocycles. The van der Waals surface area contributed by atoms with Crippen molar-refractivity contribution in [3.8, 4) is 0 Å². The summed E-state index contributed by atoms with van der Waals surface area (Å²) >= 11 is 5.77. The fraction of sp³-hybridized carbons (Fsp3) is 0.250. The standard InChI is InChI=1S/C12H13ClN4O2/c1-7-16-11(19-17-7)4-5-15-12(18)9-3-2-8(13)6-10(9)14/h2-3,6H,4-5,14H2,1H3,(H,15,18). The number of aromatic nitrogens is 2. The Hall–Kier alpha value is -2.08. The van der Waals surface area contributed by atoms with Crippen molar-refractivity contribution in [3.05, 3.63) is 40.5 Å². The Balaban J connectivity index is 1.90. The molecule has 0 atom stereocenters. The molecule has 1 aromatic carbocycles. The molecule has 0 saturated carbocycles. The highest BCUT2D eigenvalue weighted by Crippen LogP contribution is 2.17. The zero-order valence-electron chi connectivity index (χ0n) is 10.3. The molecule has 1 heterocycles. The Morgan fingerprint density at radius 3 is 2.95 bits per heavy atom. The summed E-state index contributed by atoms with van der Waals surface area (Å²) in [6.07, 6.45) is 0.472. The predicted octanol–water partition coefficient (Wildman–Crippen LogP) is 1.59. The van der Waals surface area contributed by atoms with Crippen LogP contribution >= 0.6 is 11.6 Å². The van der Waals surface area contributed by atoms with E-state index in [0.29, 0.717) is 41.0 Å². The van der Waals surface area contributed by atoms with Crippen molar-refractivity contribution in [2.45, 2.75) is 13.3 Å². The molecule has 0 bridgehead atoms. The molecule has 2 rings (SSSR count). The second-order valence-electron chi connectivity index (χ2n) is 3.97. The van der Waals surface area contributed by atoms with E-state index in [9.17, 15) is 4.79 Å². The molecule has 0 spiro atoms. The number of aryl methyl sites for hydroxylation is 1. The summed E-state index contributed by atoms with van der Waals surface area (Å²) in [5.74, 6) is 0.801. The topological polar surface area (TPSA) is 94.0 Å². The van der Waals surface area contributed by atoms with E-state index in [1.807, 2.05) is 0 Å². The van der Waals surface area contributed by atoms with Gasteiger partial charge in [-0.25, -0.2) is 0 Å². The molecule has 7 heteroatoms. The van der Waals surface area contributed by atoms with Crippen LogP contribution in [-0.4, -0.2) is 22.6 Å². The summed E-state index contributed by atoms with van der Waals surface area (Å²) in [7, 11) is 0. The van der Waals surface area contributed by atoms with E-state index in [4.69, 9.17) is 21.9 Å². The zero-order valence-corrected chi connectivity index (χ0v) is 11.1. The van der Waals surface area contributed by atoms with Crippen molar-refractivity contribution in [1.29, 1.82) is 0 Å². The number of rotatable bonds is 4. The minimum absolute atomic E-state index is 0.259. The maximum atomic E-state index is 11.9. The van der Waals surface area contributed by atoms with Gasteiger partial charge in [-0.2, -0.15) is 4.98 Å². The molecule has 1 amide bonds. The first-order valence-corrected chi connectivity index (χ1v) is 6.06. The largest absolute Gasteiger partial charge is 0.398 e. The van der Waals surface area contributed by atoms with Gasteiger partial charge < -0.3 is 15.6 Å². The lowest BCUT2D eigenvalue weighted by Crippen LogP contribution is -2.26. The minimum Gasteiger partial charge on any atom is -0.398 e. The Morgan fingerprint density at radius 2 is 2.32 bits per heavy atom. The van der Waals surface area contributed by atoms with Gasteiger partial charge in [0.1, 0.15) is 0 Å². The molecular formula is C12H13ClN4O2. The highest BCUT2D eigenvalue weighted by Gasteiger charge is 2.10. The maximum Gasteiger partial charge on any atom is 0.253 e. The van der Waals surface area contributed by atoms with Crippen LogP contribution in [-0.2, 0) is 6.42 Å². The first kappa shape index (κ1) is 13.4. The van der Waals surface area contributed by atoms with Crippen LogP contribution in [0.2, 0.25) is 5.02 Å². The Morgan fingerprint density at radius 1 is 1.53 bits per heavy atom. The quantitative estimate of drug-likeness (QED) is 0.829. The van der Waals surface area contributed by atoms with Crippen molar-refractivity contribution in [3.63, 3.8) is 0 Å². The van der Waals surface area contributed by atoms with Crippen molar-refractivity contribution < 1.29 is 9.32 Å². The SMILES string of the molecule is Cc1noc(CCNC(=O)c2ccc(Cl)cc2N)n1. The number of carbonyl (C=O) groups is 1. The van der Waals surface area contributed by atoms with Crippen LogP contribution in [0.1, 0.15) is 22.1 Å². The van der Waals surface area contributed by atoms with Gasteiger partial charge in [-0.05, 0) is 25.1 Å². The molecule has 100 valence electrons. The predicted molar refractivity (Wildman–Crippen MR) is 70.9 cm³/mol. The van der Waals surface area contributed by atoms with Gasteiger partial charge in [-0.15, -0.1) is 0 Å². The number of carbonyl (C=O) groups excluding carboxylic acids is 1. The molecule has 3 N–H and O–H groups in total. The summed E-state index contributed by atoms with van der Waals surface area (Å²) in [5.41, 5.74) is 6.46. The number of nitrogens with two attached hydrogens (primary N) is 1. The molecule has 0 saturated heterocycles. The summed E-state index contributed by atoms with van der Waals surface area (Å²) in [6.45, 7) is 2.13. The van der Waals surface area contributed by atoms with Crippen LogP contribution in [0.3, 0.4) is 0 Å².